The molecule has 0 saturated heterocycles. The molecule has 0 unspecified atom stereocenters. The van der Waals surface area contributed by atoms with Gasteiger partial charge >= 0.3 is 0 Å². The highest BCUT2D eigenvalue weighted by Crippen LogP contribution is 2.11. The fourth-order valence-corrected chi connectivity index (χ4v) is 4.39. The summed E-state index contributed by atoms with van der Waals surface area (Å²) in [6.07, 6.45) is 16.6. The van der Waals surface area contributed by atoms with Gasteiger partial charge in [-0.25, -0.2) is 0 Å². The molecular formula is C28H32N4O8. The smallest absolute Gasteiger partial charge is 0.253 e. The van der Waals surface area contributed by atoms with Crippen molar-refractivity contribution >= 4 is 47.3 Å². The fourth-order valence-electron chi connectivity index (χ4n) is 4.39. The van der Waals surface area contributed by atoms with Gasteiger partial charge in [-0.1, -0.05) is 25.7 Å². The minimum atomic E-state index is -0.255. The Bertz CT molecular complexity index is 943. The lowest BCUT2D eigenvalue weighted by atomic mass is 10.2. The van der Waals surface area contributed by atoms with E-state index in [-0.39, 0.29) is 47.3 Å². The number of amides is 8. The maximum absolute atomic E-state index is 11.3. The van der Waals surface area contributed by atoms with Crippen LogP contribution in [-0.4, -0.2) is 93.0 Å². The summed E-state index contributed by atoms with van der Waals surface area (Å²) in [6.45, 7) is 1.70. The van der Waals surface area contributed by atoms with Crippen molar-refractivity contribution in [3.05, 3.63) is 48.6 Å². The van der Waals surface area contributed by atoms with Crippen molar-refractivity contribution in [3.63, 3.8) is 0 Å². The van der Waals surface area contributed by atoms with Crippen molar-refractivity contribution in [2.75, 3.05) is 26.2 Å². The Morgan fingerprint density at radius 3 is 0.575 bits per heavy atom. The number of imide groups is 4. The van der Waals surface area contributed by atoms with Crippen molar-refractivity contribution in [2.24, 2.45) is 0 Å². The van der Waals surface area contributed by atoms with Crippen LogP contribution in [0.2, 0.25) is 0 Å². The lowest BCUT2D eigenvalue weighted by molar-refractivity contribution is -0.138. The molecule has 0 bridgehead atoms. The van der Waals surface area contributed by atoms with E-state index in [1.54, 1.807) is 0 Å². The van der Waals surface area contributed by atoms with E-state index in [1.165, 1.54) is 68.2 Å². The third kappa shape index (κ3) is 8.26. The van der Waals surface area contributed by atoms with E-state index in [9.17, 15) is 38.4 Å². The summed E-state index contributed by atoms with van der Waals surface area (Å²) in [6, 6.07) is 0. The molecule has 0 aromatic heterocycles. The van der Waals surface area contributed by atoms with Crippen molar-refractivity contribution in [3.8, 4) is 0 Å². The predicted octanol–water partition coefficient (Wildman–Crippen LogP) is 0.794. The van der Waals surface area contributed by atoms with Gasteiger partial charge in [0.1, 0.15) is 0 Å². The molecule has 212 valence electrons. The van der Waals surface area contributed by atoms with Gasteiger partial charge in [0.15, 0.2) is 0 Å². The van der Waals surface area contributed by atoms with Crippen LogP contribution in [0.4, 0.5) is 0 Å². The van der Waals surface area contributed by atoms with Crippen molar-refractivity contribution < 1.29 is 38.4 Å². The highest BCUT2D eigenvalue weighted by molar-refractivity contribution is 6.14. The minimum Gasteiger partial charge on any atom is -0.275 e. The maximum Gasteiger partial charge on any atom is 0.253 e. The van der Waals surface area contributed by atoms with E-state index < -0.39 is 0 Å². The van der Waals surface area contributed by atoms with Crippen LogP contribution in [0.25, 0.3) is 0 Å². The van der Waals surface area contributed by atoms with E-state index in [4.69, 9.17) is 0 Å². The molecule has 0 aromatic rings. The Hall–Kier alpha value is -4.48. The van der Waals surface area contributed by atoms with Crippen LogP contribution in [0.15, 0.2) is 48.6 Å². The highest BCUT2D eigenvalue weighted by Gasteiger charge is 2.25. The lowest BCUT2D eigenvalue weighted by Crippen LogP contribution is -2.31. The second-order valence-corrected chi connectivity index (χ2v) is 9.47. The molecule has 0 fully saturated rings. The molecule has 12 heteroatoms. The van der Waals surface area contributed by atoms with Gasteiger partial charge in [0.05, 0.1) is 0 Å². The average molecular weight is 553 g/mol. The van der Waals surface area contributed by atoms with Crippen LogP contribution >= 0.6 is 0 Å². The topological polar surface area (TPSA) is 150 Å². The number of hydrogen-bond acceptors (Lipinski definition) is 8. The largest absolute Gasteiger partial charge is 0.275 e. The molecule has 0 spiro atoms. The molecule has 8 amide bonds. The monoisotopic (exact) mass is 552 g/mol. The van der Waals surface area contributed by atoms with Gasteiger partial charge in [0, 0.05) is 74.8 Å². The van der Waals surface area contributed by atoms with Crippen molar-refractivity contribution in [2.45, 2.75) is 51.4 Å². The SMILES string of the molecule is O=C1C=CC(=O)N1CCCCCCN1C(=O)C=CC1=O.O=C1C=CC(=O)N1CCCCCCN1C(=O)C=CC1=O. The highest BCUT2D eigenvalue weighted by atomic mass is 16.2. The molecule has 4 aliphatic heterocycles. The molecule has 4 rings (SSSR count). The van der Waals surface area contributed by atoms with Crippen LogP contribution in [0.1, 0.15) is 51.4 Å². The standard InChI is InChI=1S/2C14H16N2O4/c2*17-11-5-6-12(18)15(11)9-3-1-2-4-10-16-13(19)7-8-14(16)20/h2*5-8H,1-4,9-10H2. The van der Waals surface area contributed by atoms with Crippen molar-refractivity contribution in [1.29, 1.82) is 0 Å². The van der Waals surface area contributed by atoms with Gasteiger partial charge in [-0.05, 0) is 25.7 Å². The Labute approximate surface area is 231 Å². The Kier molecular flexibility index (Phi) is 11.0. The number of hydrogen-bond donors (Lipinski definition) is 0. The first kappa shape index (κ1) is 30.1. The normalized spacial score (nSPS) is 18.0. The van der Waals surface area contributed by atoms with Gasteiger partial charge in [-0.15, -0.1) is 0 Å². The molecule has 0 atom stereocenters. The molecule has 12 nitrogen and oxygen atoms in total. The number of unbranched alkanes of at least 4 members (excludes halogenated alkanes) is 6. The first-order valence-corrected chi connectivity index (χ1v) is 13.3. The van der Waals surface area contributed by atoms with Crippen molar-refractivity contribution in [1.82, 2.24) is 19.6 Å². The Balaban J connectivity index is 0.000000220. The molecule has 40 heavy (non-hydrogen) atoms. The zero-order valence-electron chi connectivity index (χ0n) is 22.2. The zero-order valence-corrected chi connectivity index (χ0v) is 22.2. The quantitative estimate of drug-likeness (QED) is 0.227. The summed E-state index contributed by atoms with van der Waals surface area (Å²) in [5.41, 5.74) is 0. The summed E-state index contributed by atoms with van der Waals surface area (Å²) in [5, 5.41) is 0. The van der Waals surface area contributed by atoms with E-state index >= 15 is 0 Å². The average Bonchev–Trinajstić information content (AvgIpc) is 3.64. The molecule has 0 saturated carbocycles. The lowest BCUT2D eigenvalue weighted by Gasteiger charge is -2.14. The molecule has 4 heterocycles. The number of carbonyl (C=O) groups is 8. The second-order valence-electron chi connectivity index (χ2n) is 9.47. The first-order chi connectivity index (χ1) is 19.2. The van der Waals surface area contributed by atoms with Crippen LogP contribution in [0.3, 0.4) is 0 Å². The Morgan fingerprint density at radius 1 is 0.275 bits per heavy atom. The third-order valence-electron chi connectivity index (χ3n) is 6.63. The van der Waals surface area contributed by atoms with E-state index in [2.05, 4.69) is 0 Å². The molecule has 0 N–H and O–H groups in total. The molecule has 0 radical (unpaired) electrons. The molecular weight excluding hydrogens is 520 g/mol. The summed E-state index contributed by atoms with van der Waals surface area (Å²) in [7, 11) is 0. The Morgan fingerprint density at radius 2 is 0.425 bits per heavy atom. The van der Waals surface area contributed by atoms with Gasteiger partial charge in [-0.3, -0.25) is 58.0 Å². The third-order valence-corrected chi connectivity index (χ3v) is 6.63. The van der Waals surface area contributed by atoms with Crippen LogP contribution in [0, 0.1) is 0 Å². The van der Waals surface area contributed by atoms with Gasteiger partial charge < -0.3 is 0 Å². The number of rotatable bonds is 14. The molecule has 0 aromatic carbocycles. The van der Waals surface area contributed by atoms with Crippen LogP contribution < -0.4 is 0 Å². The molecule has 0 aliphatic carbocycles. The predicted molar refractivity (Wildman–Crippen MR) is 140 cm³/mol. The molecule has 4 aliphatic rings. The summed E-state index contributed by atoms with van der Waals surface area (Å²) < 4.78 is 0. The van der Waals surface area contributed by atoms with Gasteiger partial charge in [0.2, 0.25) is 0 Å². The van der Waals surface area contributed by atoms with E-state index in [0.717, 1.165) is 51.4 Å². The summed E-state index contributed by atoms with van der Waals surface area (Å²) >= 11 is 0. The minimum absolute atomic E-state index is 0.255. The fraction of sp³-hybridized carbons (Fsp3) is 0.429. The summed E-state index contributed by atoms with van der Waals surface area (Å²) in [5.74, 6) is -2.04. The number of carbonyl (C=O) groups excluding carboxylic acids is 8. The van der Waals surface area contributed by atoms with Crippen LogP contribution in [-0.2, 0) is 38.4 Å². The van der Waals surface area contributed by atoms with E-state index in [1.807, 2.05) is 0 Å². The van der Waals surface area contributed by atoms with Crippen LogP contribution in [0.5, 0.6) is 0 Å². The summed E-state index contributed by atoms with van der Waals surface area (Å²) in [4.78, 5) is 95.1. The maximum atomic E-state index is 11.3. The van der Waals surface area contributed by atoms with Gasteiger partial charge in [-0.2, -0.15) is 0 Å². The number of nitrogens with zero attached hydrogens (tertiary/aromatic N) is 4. The zero-order chi connectivity index (χ0) is 29.1. The van der Waals surface area contributed by atoms with Gasteiger partial charge in [0.25, 0.3) is 47.3 Å². The van der Waals surface area contributed by atoms with E-state index in [0.29, 0.717) is 26.2 Å². The second kappa shape index (κ2) is 14.6. The first-order valence-electron chi connectivity index (χ1n) is 13.3.